The average Bonchev–Trinajstić information content (AvgIpc) is 3.09. The summed E-state index contributed by atoms with van der Waals surface area (Å²) < 4.78 is 10.8. The van der Waals surface area contributed by atoms with Crippen LogP contribution in [0.4, 0.5) is 0 Å². The van der Waals surface area contributed by atoms with Gasteiger partial charge in [0.25, 0.3) is 11.8 Å². The van der Waals surface area contributed by atoms with Crippen LogP contribution in [0.15, 0.2) is 35.1 Å². The van der Waals surface area contributed by atoms with Crippen LogP contribution < -0.4 is 10.5 Å². The summed E-state index contributed by atoms with van der Waals surface area (Å²) in [4.78, 5) is 29.0. The van der Waals surface area contributed by atoms with Gasteiger partial charge in [0, 0.05) is 24.9 Å². The Morgan fingerprint density at radius 3 is 2.96 bits per heavy atom. The van der Waals surface area contributed by atoms with E-state index in [1.165, 1.54) is 24.5 Å². The predicted molar refractivity (Wildman–Crippen MR) is 78.8 cm³/mol. The smallest absolute Gasteiger partial charge is 0.292 e. The number of nitrogens with two attached hydrogens (primary N) is 1. The zero-order valence-electron chi connectivity index (χ0n) is 12.3. The van der Waals surface area contributed by atoms with Crippen molar-refractivity contribution in [2.45, 2.75) is 18.9 Å². The Kier molecular flexibility index (Phi) is 4.22. The summed E-state index contributed by atoms with van der Waals surface area (Å²) in [6, 6.07) is 4.69. The van der Waals surface area contributed by atoms with E-state index in [4.69, 9.17) is 15.0 Å². The molecule has 2 amide bonds. The van der Waals surface area contributed by atoms with E-state index in [2.05, 4.69) is 10.1 Å². The topological polar surface area (TPSA) is 112 Å². The number of carbonyl (C=O) groups excluding carboxylic acids is 2. The highest BCUT2D eigenvalue weighted by Gasteiger charge is 2.27. The van der Waals surface area contributed by atoms with Gasteiger partial charge in [-0.25, -0.2) is 0 Å². The van der Waals surface area contributed by atoms with Gasteiger partial charge in [0.2, 0.25) is 5.76 Å². The fourth-order valence-electron chi connectivity index (χ4n) is 2.51. The van der Waals surface area contributed by atoms with Gasteiger partial charge < -0.3 is 19.9 Å². The first-order valence-corrected chi connectivity index (χ1v) is 7.26. The molecule has 1 saturated heterocycles. The van der Waals surface area contributed by atoms with Crippen LogP contribution in [0.3, 0.4) is 0 Å². The van der Waals surface area contributed by atoms with E-state index >= 15 is 0 Å². The first kappa shape index (κ1) is 15.0. The molecule has 2 aromatic heterocycles. The van der Waals surface area contributed by atoms with Gasteiger partial charge in [-0.3, -0.25) is 14.6 Å². The zero-order chi connectivity index (χ0) is 16.2. The number of rotatable bonds is 4. The maximum absolute atomic E-state index is 12.3. The van der Waals surface area contributed by atoms with Gasteiger partial charge in [-0.15, -0.1) is 0 Å². The molecule has 1 unspecified atom stereocenters. The molecule has 3 heterocycles. The number of hydrogen-bond donors (Lipinski definition) is 1. The van der Waals surface area contributed by atoms with Crippen LogP contribution >= 0.6 is 0 Å². The molecule has 2 aromatic rings. The molecule has 8 heteroatoms. The number of aromatic nitrogens is 2. The third-order valence-electron chi connectivity index (χ3n) is 3.60. The van der Waals surface area contributed by atoms with Crippen LogP contribution in [-0.4, -0.2) is 46.0 Å². The highest BCUT2D eigenvalue weighted by molar-refractivity contribution is 5.91. The van der Waals surface area contributed by atoms with Gasteiger partial charge >= 0.3 is 0 Å². The summed E-state index contributed by atoms with van der Waals surface area (Å²) in [7, 11) is 0. The molecule has 3 rings (SSSR count). The lowest BCUT2D eigenvalue weighted by atomic mass is 10.1. The first-order chi connectivity index (χ1) is 11.1. The lowest BCUT2D eigenvalue weighted by Gasteiger charge is -2.32. The van der Waals surface area contributed by atoms with Gasteiger partial charge in [-0.2, -0.15) is 0 Å². The molecule has 120 valence electrons. The molecule has 8 nitrogen and oxygen atoms in total. The third kappa shape index (κ3) is 3.47. The van der Waals surface area contributed by atoms with Gasteiger partial charge in [-0.05, 0) is 18.9 Å². The van der Waals surface area contributed by atoms with Gasteiger partial charge in [0.05, 0.1) is 12.7 Å². The van der Waals surface area contributed by atoms with Crippen LogP contribution in [0.5, 0.6) is 5.75 Å². The molecular weight excluding hydrogens is 300 g/mol. The number of carbonyl (C=O) groups is 2. The predicted octanol–water partition coefficient (Wildman–Crippen LogP) is 0.852. The third-order valence-corrected chi connectivity index (χ3v) is 3.60. The molecule has 0 aliphatic carbocycles. The number of amides is 2. The number of piperidine rings is 1. The lowest BCUT2D eigenvalue weighted by Crippen LogP contribution is -2.44. The summed E-state index contributed by atoms with van der Waals surface area (Å²) in [6.07, 6.45) is 4.37. The molecule has 23 heavy (non-hydrogen) atoms. The highest BCUT2D eigenvalue weighted by Crippen LogP contribution is 2.20. The molecule has 0 aromatic carbocycles. The SMILES string of the molecule is NC(=O)c1cc(OC2CCCN(C(=O)c3ccno3)C2)ccn1. The summed E-state index contributed by atoms with van der Waals surface area (Å²) >= 11 is 0. The van der Waals surface area contributed by atoms with E-state index in [9.17, 15) is 9.59 Å². The van der Waals surface area contributed by atoms with Crippen LogP contribution in [0.25, 0.3) is 0 Å². The molecule has 2 N–H and O–H groups in total. The minimum absolute atomic E-state index is 0.146. The second kappa shape index (κ2) is 6.47. The Bertz CT molecular complexity index is 701. The quantitative estimate of drug-likeness (QED) is 0.895. The average molecular weight is 316 g/mol. The van der Waals surface area contributed by atoms with Crippen molar-refractivity contribution in [1.82, 2.24) is 15.0 Å². The van der Waals surface area contributed by atoms with E-state index in [0.29, 0.717) is 18.8 Å². The summed E-state index contributed by atoms with van der Waals surface area (Å²) in [5, 5.41) is 3.55. The summed E-state index contributed by atoms with van der Waals surface area (Å²) in [5.41, 5.74) is 5.35. The van der Waals surface area contributed by atoms with E-state index in [1.807, 2.05) is 0 Å². The van der Waals surface area contributed by atoms with Gasteiger partial charge in [-0.1, -0.05) is 5.16 Å². The van der Waals surface area contributed by atoms with Crippen molar-refractivity contribution in [3.63, 3.8) is 0 Å². The number of nitrogens with zero attached hydrogens (tertiary/aromatic N) is 3. The van der Waals surface area contributed by atoms with Gasteiger partial charge in [0.1, 0.15) is 17.5 Å². The van der Waals surface area contributed by atoms with Crippen molar-refractivity contribution in [3.8, 4) is 5.75 Å². The van der Waals surface area contributed by atoms with Crippen LogP contribution in [0.2, 0.25) is 0 Å². The molecule has 1 aliphatic rings. The van der Waals surface area contributed by atoms with Crippen molar-refractivity contribution >= 4 is 11.8 Å². The molecular formula is C15H16N4O4. The second-order valence-electron chi connectivity index (χ2n) is 5.25. The molecule has 0 bridgehead atoms. The van der Waals surface area contributed by atoms with E-state index in [-0.39, 0.29) is 23.5 Å². The number of primary amides is 1. The van der Waals surface area contributed by atoms with Crippen molar-refractivity contribution in [3.05, 3.63) is 42.0 Å². The van der Waals surface area contributed by atoms with E-state index in [1.54, 1.807) is 11.0 Å². The van der Waals surface area contributed by atoms with Crippen LogP contribution in [-0.2, 0) is 0 Å². The normalized spacial score (nSPS) is 17.7. The summed E-state index contributed by atoms with van der Waals surface area (Å²) in [6.45, 7) is 1.08. The fourth-order valence-corrected chi connectivity index (χ4v) is 2.51. The van der Waals surface area contributed by atoms with Crippen LogP contribution in [0, 0.1) is 0 Å². The minimum atomic E-state index is -0.610. The Morgan fingerprint density at radius 1 is 1.35 bits per heavy atom. The maximum Gasteiger partial charge on any atom is 0.292 e. The zero-order valence-corrected chi connectivity index (χ0v) is 12.3. The monoisotopic (exact) mass is 316 g/mol. The molecule has 1 atom stereocenters. The largest absolute Gasteiger partial charge is 0.488 e. The van der Waals surface area contributed by atoms with Crippen molar-refractivity contribution < 1.29 is 18.8 Å². The molecule has 0 radical (unpaired) electrons. The molecule has 0 spiro atoms. The van der Waals surface area contributed by atoms with Crippen LogP contribution in [0.1, 0.15) is 33.9 Å². The number of hydrogen-bond acceptors (Lipinski definition) is 6. The minimum Gasteiger partial charge on any atom is -0.488 e. The Hall–Kier alpha value is -2.90. The molecule has 0 saturated carbocycles. The van der Waals surface area contributed by atoms with E-state index < -0.39 is 5.91 Å². The molecule has 1 aliphatic heterocycles. The number of ether oxygens (including phenoxy) is 1. The lowest BCUT2D eigenvalue weighted by molar-refractivity contribution is 0.0502. The first-order valence-electron chi connectivity index (χ1n) is 7.26. The highest BCUT2D eigenvalue weighted by atomic mass is 16.5. The summed E-state index contributed by atoms with van der Waals surface area (Å²) in [5.74, 6) is -0.0945. The Labute approximate surface area is 132 Å². The van der Waals surface area contributed by atoms with Gasteiger partial charge in [0.15, 0.2) is 0 Å². The molecule has 1 fully saturated rings. The van der Waals surface area contributed by atoms with Crippen molar-refractivity contribution in [1.29, 1.82) is 0 Å². The van der Waals surface area contributed by atoms with Crippen molar-refractivity contribution in [2.24, 2.45) is 5.73 Å². The van der Waals surface area contributed by atoms with E-state index in [0.717, 1.165) is 12.8 Å². The maximum atomic E-state index is 12.3. The Balaban J connectivity index is 1.66. The fraction of sp³-hybridized carbons (Fsp3) is 0.333. The number of likely N-dealkylation sites (tertiary alicyclic amines) is 1. The standard InChI is InChI=1S/C15H16N4O4/c16-14(20)12-8-10(3-5-17-12)22-11-2-1-7-19(9-11)15(21)13-4-6-18-23-13/h3-6,8,11H,1-2,7,9H2,(H2,16,20). The Morgan fingerprint density at radius 2 is 2.22 bits per heavy atom. The second-order valence-corrected chi connectivity index (χ2v) is 5.25. The van der Waals surface area contributed by atoms with Crippen molar-refractivity contribution in [2.75, 3.05) is 13.1 Å². The number of pyridine rings is 1.